The van der Waals surface area contributed by atoms with E-state index >= 15 is 0 Å². The lowest BCUT2D eigenvalue weighted by Gasteiger charge is -2.14. The molecule has 1 N–H and O–H groups in total. The van der Waals surface area contributed by atoms with E-state index in [1.54, 1.807) is 31.2 Å². The molecule has 25 heavy (non-hydrogen) atoms. The van der Waals surface area contributed by atoms with Gasteiger partial charge >= 0.3 is 0 Å². The Morgan fingerprint density at radius 1 is 1.16 bits per heavy atom. The van der Waals surface area contributed by atoms with Crippen LogP contribution in [0.4, 0.5) is 5.69 Å². The normalized spacial score (nSPS) is 11.4. The number of hydrogen-bond donors (Lipinski definition) is 1. The molecule has 2 aromatic carbocycles. The van der Waals surface area contributed by atoms with E-state index in [9.17, 15) is 13.2 Å². The summed E-state index contributed by atoms with van der Waals surface area (Å²) >= 11 is 0. The molecular weight excluding hydrogens is 338 g/mol. The van der Waals surface area contributed by atoms with E-state index in [0.717, 1.165) is 6.26 Å². The molecule has 134 valence electrons. The lowest BCUT2D eigenvalue weighted by molar-refractivity contribution is 0.102. The molecule has 0 aliphatic carbocycles. The Kier molecular flexibility index (Phi) is 5.85. The summed E-state index contributed by atoms with van der Waals surface area (Å²) in [4.78, 5) is 12.8. The molecule has 0 heterocycles. The maximum atomic E-state index is 12.6. The standard InChI is InChI=1S/C19H23NO4S/c1-13(2)12-24-18-8-6-5-7-17(18)20-19(21)16-11-15(25(4,22)23)10-9-14(16)3/h5-11,13H,12H2,1-4H3,(H,20,21). The van der Waals surface area contributed by atoms with Crippen LogP contribution in [-0.4, -0.2) is 27.2 Å². The van der Waals surface area contributed by atoms with Crippen molar-refractivity contribution in [1.82, 2.24) is 0 Å². The Morgan fingerprint density at radius 2 is 1.84 bits per heavy atom. The molecule has 2 aromatic rings. The molecule has 0 spiro atoms. The summed E-state index contributed by atoms with van der Waals surface area (Å²) in [7, 11) is -3.38. The van der Waals surface area contributed by atoms with Gasteiger partial charge in [-0.15, -0.1) is 0 Å². The minimum Gasteiger partial charge on any atom is -0.491 e. The Hall–Kier alpha value is -2.34. The predicted molar refractivity (Wildman–Crippen MR) is 99.0 cm³/mol. The molecule has 0 aliphatic rings. The average molecular weight is 361 g/mol. The van der Waals surface area contributed by atoms with Crippen molar-refractivity contribution in [3.63, 3.8) is 0 Å². The number of amides is 1. The Balaban J connectivity index is 2.29. The van der Waals surface area contributed by atoms with E-state index in [2.05, 4.69) is 5.32 Å². The van der Waals surface area contributed by atoms with Crippen molar-refractivity contribution < 1.29 is 17.9 Å². The predicted octanol–water partition coefficient (Wildman–Crippen LogP) is 3.69. The van der Waals surface area contributed by atoms with Gasteiger partial charge in [-0.05, 0) is 42.7 Å². The fraction of sp³-hybridized carbons (Fsp3) is 0.316. The largest absolute Gasteiger partial charge is 0.491 e. The molecule has 0 aliphatic heterocycles. The molecule has 1 amide bonds. The van der Waals surface area contributed by atoms with Gasteiger partial charge in [-0.25, -0.2) is 8.42 Å². The van der Waals surface area contributed by atoms with Gasteiger partial charge in [0.2, 0.25) is 0 Å². The van der Waals surface area contributed by atoms with Crippen LogP contribution in [0.2, 0.25) is 0 Å². The van der Waals surface area contributed by atoms with E-state index in [1.807, 2.05) is 19.9 Å². The average Bonchev–Trinajstić information content (AvgIpc) is 2.53. The molecule has 0 radical (unpaired) electrons. The third-order valence-corrected chi connectivity index (χ3v) is 4.70. The number of carbonyl (C=O) groups excluding carboxylic acids is 1. The number of carbonyl (C=O) groups is 1. The Morgan fingerprint density at radius 3 is 2.48 bits per heavy atom. The molecule has 0 saturated carbocycles. The molecule has 2 rings (SSSR count). The summed E-state index contributed by atoms with van der Waals surface area (Å²) in [6.45, 7) is 6.39. The molecule has 0 saturated heterocycles. The summed E-state index contributed by atoms with van der Waals surface area (Å²) in [5.74, 6) is 0.572. The Labute approximate surface area is 148 Å². The van der Waals surface area contributed by atoms with Gasteiger partial charge in [0.25, 0.3) is 5.91 Å². The summed E-state index contributed by atoms with van der Waals surface area (Å²) in [6, 6.07) is 11.7. The first-order valence-corrected chi connectivity index (χ1v) is 9.91. The summed E-state index contributed by atoms with van der Waals surface area (Å²) in [6.07, 6.45) is 1.12. The highest BCUT2D eigenvalue weighted by Gasteiger charge is 2.16. The van der Waals surface area contributed by atoms with Gasteiger partial charge < -0.3 is 10.1 Å². The van der Waals surface area contributed by atoms with Crippen molar-refractivity contribution >= 4 is 21.4 Å². The van der Waals surface area contributed by atoms with Crippen LogP contribution < -0.4 is 10.1 Å². The number of para-hydroxylation sites is 2. The van der Waals surface area contributed by atoms with Crippen LogP contribution in [0.15, 0.2) is 47.4 Å². The van der Waals surface area contributed by atoms with E-state index in [0.29, 0.717) is 35.1 Å². The third kappa shape index (κ3) is 5.06. The van der Waals surface area contributed by atoms with Crippen LogP contribution in [0.1, 0.15) is 29.8 Å². The van der Waals surface area contributed by atoms with Gasteiger partial charge in [0.15, 0.2) is 9.84 Å². The topological polar surface area (TPSA) is 72.5 Å². The van der Waals surface area contributed by atoms with Crippen LogP contribution >= 0.6 is 0 Å². The molecule has 0 unspecified atom stereocenters. The lowest BCUT2D eigenvalue weighted by Crippen LogP contribution is -2.15. The zero-order valence-corrected chi connectivity index (χ0v) is 15.7. The minimum absolute atomic E-state index is 0.118. The van der Waals surface area contributed by atoms with E-state index in [1.165, 1.54) is 12.1 Å². The van der Waals surface area contributed by atoms with Gasteiger partial charge in [0, 0.05) is 11.8 Å². The number of rotatable bonds is 6. The Bertz CT molecular complexity index is 873. The third-order valence-electron chi connectivity index (χ3n) is 3.59. The van der Waals surface area contributed by atoms with Crippen LogP contribution in [0.5, 0.6) is 5.75 Å². The van der Waals surface area contributed by atoms with Gasteiger partial charge in [-0.2, -0.15) is 0 Å². The second-order valence-electron chi connectivity index (χ2n) is 6.40. The number of hydrogen-bond acceptors (Lipinski definition) is 4. The molecule has 0 fully saturated rings. The number of aryl methyl sites for hydroxylation is 1. The van der Waals surface area contributed by atoms with Gasteiger partial charge in [-0.1, -0.05) is 32.0 Å². The fourth-order valence-corrected chi connectivity index (χ4v) is 2.87. The van der Waals surface area contributed by atoms with Crippen molar-refractivity contribution in [1.29, 1.82) is 0 Å². The molecule has 6 heteroatoms. The first-order chi connectivity index (χ1) is 11.7. The highest BCUT2D eigenvalue weighted by atomic mass is 32.2. The highest BCUT2D eigenvalue weighted by molar-refractivity contribution is 7.90. The van der Waals surface area contributed by atoms with Crippen molar-refractivity contribution in [2.24, 2.45) is 5.92 Å². The molecule has 0 atom stereocenters. The van der Waals surface area contributed by atoms with Crippen molar-refractivity contribution in [3.05, 3.63) is 53.6 Å². The van der Waals surface area contributed by atoms with Crippen LogP contribution in [0.25, 0.3) is 0 Å². The van der Waals surface area contributed by atoms with Crippen molar-refractivity contribution in [3.8, 4) is 5.75 Å². The lowest BCUT2D eigenvalue weighted by atomic mass is 10.1. The van der Waals surface area contributed by atoms with E-state index in [4.69, 9.17) is 4.74 Å². The highest BCUT2D eigenvalue weighted by Crippen LogP contribution is 2.26. The smallest absolute Gasteiger partial charge is 0.256 e. The fourth-order valence-electron chi connectivity index (χ4n) is 2.22. The summed E-state index contributed by atoms with van der Waals surface area (Å²) in [5, 5.41) is 2.81. The molecule has 0 aromatic heterocycles. The van der Waals surface area contributed by atoms with E-state index < -0.39 is 9.84 Å². The maximum Gasteiger partial charge on any atom is 0.256 e. The number of nitrogens with one attached hydrogen (secondary N) is 1. The zero-order chi connectivity index (χ0) is 18.6. The zero-order valence-electron chi connectivity index (χ0n) is 14.9. The van der Waals surface area contributed by atoms with Crippen molar-refractivity contribution in [2.45, 2.75) is 25.7 Å². The van der Waals surface area contributed by atoms with Gasteiger partial charge in [0.05, 0.1) is 17.2 Å². The molecule has 0 bridgehead atoms. The number of sulfone groups is 1. The summed E-state index contributed by atoms with van der Waals surface area (Å²) < 4.78 is 29.2. The van der Waals surface area contributed by atoms with Gasteiger partial charge in [0.1, 0.15) is 5.75 Å². The number of anilines is 1. The van der Waals surface area contributed by atoms with Crippen LogP contribution in [-0.2, 0) is 9.84 Å². The number of ether oxygens (including phenoxy) is 1. The monoisotopic (exact) mass is 361 g/mol. The van der Waals surface area contributed by atoms with Crippen molar-refractivity contribution in [2.75, 3.05) is 18.2 Å². The summed E-state index contributed by atoms with van der Waals surface area (Å²) in [5.41, 5.74) is 1.57. The second-order valence-corrected chi connectivity index (χ2v) is 8.42. The van der Waals surface area contributed by atoms with E-state index in [-0.39, 0.29) is 10.8 Å². The minimum atomic E-state index is -3.38. The maximum absolute atomic E-state index is 12.6. The quantitative estimate of drug-likeness (QED) is 0.852. The second kappa shape index (κ2) is 7.70. The molecular formula is C19H23NO4S. The SMILES string of the molecule is Cc1ccc(S(C)(=O)=O)cc1C(=O)Nc1ccccc1OCC(C)C. The van der Waals surface area contributed by atoms with Crippen LogP contribution in [0.3, 0.4) is 0 Å². The first kappa shape index (κ1) is 19.0. The molecule has 5 nitrogen and oxygen atoms in total. The van der Waals surface area contributed by atoms with Gasteiger partial charge in [-0.3, -0.25) is 4.79 Å². The first-order valence-electron chi connectivity index (χ1n) is 8.02. The number of benzene rings is 2. The van der Waals surface area contributed by atoms with Crippen LogP contribution in [0, 0.1) is 12.8 Å².